The predicted octanol–water partition coefficient (Wildman–Crippen LogP) is 2.85. The summed E-state index contributed by atoms with van der Waals surface area (Å²) in [6.45, 7) is 9.26. The van der Waals surface area contributed by atoms with E-state index in [2.05, 4.69) is 35.8 Å². The number of carboxylic acid groups (broad SMARTS) is 3. The minimum atomic E-state index is -2.74. The maximum atomic E-state index is 13.0. The Balaban J connectivity index is 0.000000349. The lowest BCUT2D eigenvalue weighted by molar-refractivity contribution is -0.170. The largest absolute Gasteiger partial charge is 0.481 e. The van der Waals surface area contributed by atoms with Crippen LogP contribution in [-0.2, 0) is 20.9 Å². The number of carbonyl (C=O) groups is 4. The maximum absolute atomic E-state index is 13.0. The zero-order chi connectivity index (χ0) is 29.2. The molecule has 1 aliphatic rings. The molecule has 212 valence electrons. The summed E-state index contributed by atoms with van der Waals surface area (Å²) in [6.07, 6.45) is -2.29. The van der Waals surface area contributed by atoms with E-state index in [1.807, 2.05) is 35.2 Å². The fourth-order valence-corrected chi connectivity index (χ4v) is 4.27. The van der Waals surface area contributed by atoms with Gasteiger partial charge in [0, 0.05) is 24.7 Å². The topological polar surface area (TPSA) is 159 Å². The molecule has 0 spiro atoms. The van der Waals surface area contributed by atoms with E-state index >= 15 is 0 Å². The number of carbonyl (C=O) groups excluding carboxylic acids is 1. The lowest BCUT2D eigenvalue weighted by Gasteiger charge is -2.39. The van der Waals surface area contributed by atoms with Crippen molar-refractivity contribution in [2.24, 2.45) is 0 Å². The molecule has 3 rings (SSSR count). The van der Waals surface area contributed by atoms with Crippen LogP contribution in [0.25, 0.3) is 0 Å². The van der Waals surface area contributed by atoms with Gasteiger partial charge in [-0.2, -0.15) is 0 Å². The molecular weight excluding hydrogens is 530 g/mol. The van der Waals surface area contributed by atoms with Gasteiger partial charge in [-0.1, -0.05) is 55.8 Å². The molecule has 0 saturated carbocycles. The molecule has 0 fully saturated rings. The first-order chi connectivity index (χ1) is 18.4. The number of likely N-dealkylation sites (N-methyl/N-ethyl adjacent to an activating group) is 1. The smallest absolute Gasteiger partial charge is 0.336 e. The fourth-order valence-electron chi connectivity index (χ4n) is 4.10. The summed E-state index contributed by atoms with van der Waals surface area (Å²) in [6, 6.07) is 16.0. The lowest BCUT2D eigenvalue weighted by atomic mass is 9.96. The van der Waals surface area contributed by atoms with E-state index in [0.29, 0.717) is 17.3 Å². The average molecular weight is 564 g/mol. The Morgan fingerprint density at radius 2 is 1.54 bits per heavy atom. The summed E-state index contributed by atoms with van der Waals surface area (Å²) in [4.78, 5) is 50.0. The molecule has 0 aromatic heterocycles. The lowest BCUT2D eigenvalue weighted by Crippen LogP contribution is -2.49. The van der Waals surface area contributed by atoms with Gasteiger partial charge in [0.2, 0.25) is 0 Å². The first kappa shape index (κ1) is 31.5. The molecule has 1 aliphatic heterocycles. The number of amides is 1. The highest BCUT2D eigenvalue weighted by molar-refractivity contribution is 6.31. The van der Waals surface area contributed by atoms with E-state index < -0.39 is 36.4 Å². The number of nitrogens with zero attached hydrogens (tertiary/aromatic N) is 3. The van der Waals surface area contributed by atoms with E-state index in [1.165, 1.54) is 5.56 Å². The molecule has 2 aromatic carbocycles. The maximum Gasteiger partial charge on any atom is 0.336 e. The average Bonchev–Trinajstić information content (AvgIpc) is 2.87. The number of rotatable bonds is 12. The Hall–Kier alpha value is -3.67. The molecule has 1 amide bonds. The molecule has 0 bridgehead atoms. The van der Waals surface area contributed by atoms with Crippen LogP contribution in [0.2, 0.25) is 5.02 Å². The fraction of sp³-hybridized carbons (Fsp3) is 0.407. The van der Waals surface area contributed by atoms with Crippen LogP contribution >= 0.6 is 11.6 Å². The molecule has 0 saturated heterocycles. The predicted molar refractivity (Wildman–Crippen MR) is 145 cm³/mol. The SMILES string of the molecule is CCN(CC)CCN1CN(Cc2ccccc2)c2ccc(Cl)cc2C1=O.O=C(O)CC(O)(CC(=O)O)C(=O)O. The van der Waals surface area contributed by atoms with Crippen molar-refractivity contribution in [3.8, 4) is 0 Å². The van der Waals surface area contributed by atoms with Gasteiger partial charge in [0.25, 0.3) is 5.91 Å². The van der Waals surface area contributed by atoms with Crippen LogP contribution in [0.5, 0.6) is 0 Å². The van der Waals surface area contributed by atoms with Crippen LogP contribution in [0.1, 0.15) is 42.6 Å². The minimum absolute atomic E-state index is 0.0685. The molecule has 0 radical (unpaired) electrons. The zero-order valence-corrected chi connectivity index (χ0v) is 22.7. The summed E-state index contributed by atoms with van der Waals surface area (Å²) in [5.74, 6) is -4.95. The molecule has 2 aromatic rings. The first-order valence-corrected chi connectivity index (χ1v) is 12.8. The van der Waals surface area contributed by atoms with Crippen LogP contribution in [0.15, 0.2) is 48.5 Å². The molecule has 12 heteroatoms. The van der Waals surface area contributed by atoms with Gasteiger partial charge < -0.3 is 35.1 Å². The highest BCUT2D eigenvalue weighted by Crippen LogP contribution is 2.31. The van der Waals surface area contributed by atoms with E-state index in [0.717, 1.165) is 38.4 Å². The highest BCUT2D eigenvalue weighted by Gasteiger charge is 2.40. The van der Waals surface area contributed by atoms with Gasteiger partial charge in [-0.15, -0.1) is 0 Å². The van der Waals surface area contributed by atoms with Crippen LogP contribution in [0.4, 0.5) is 5.69 Å². The summed E-state index contributed by atoms with van der Waals surface area (Å²) in [7, 11) is 0. The third kappa shape index (κ3) is 9.24. The van der Waals surface area contributed by atoms with Crippen molar-refractivity contribution in [3.63, 3.8) is 0 Å². The molecule has 11 nitrogen and oxygen atoms in total. The molecule has 0 unspecified atom stereocenters. The van der Waals surface area contributed by atoms with Gasteiger partial charge in [-0.3, -0.25) is 14.4 Å². The van der Waals surface area contributed by atoms with Gasteiger partial charge in [0.15, 0.2) is 5.60 Å². The van der Waals surface area contributed by atoms with Crippen molar-refractivity contribution >= 4 is 41.1 Å². The van der Waals surface area contributed by atoms with Gasteiger partial charge in [-0.05, 0) is 36.9 Å². The summed E-state index contributed by atoms with van der Waals surface area (Å²) in [5.41, 5.74) is 0.144. The number of halogens is 1. The van der Waals surface area contributed by atoms with Crippen molar-refractivity contribution in [3.05, 3.63) is 64.7 Å². The second-order valence-corrected chi connectivity index (χ2v) is 9.50. The molecule has 0 aliphatic carbocycles. The molecule has 39 heavy (non-hydrogen) atoms. The van der Waals surface area contributed by atoms with Gasteiger partial charge in [0.05, 0.1) is 30.8 Å². The Labute approximate surface area is 231 Å². The number of carboxylic acids is 3. The summed E-state index contributed by atoms with van der Waals surface area (Å²) >= 11 is 6.17. The normalized spacial score (nSPS) is 13.0. The van der Waals surface area contributed by atoms with E-state index in [4.69, 9.17) is 32.0 Å². The second kappa shape index (κ2) is 14.5. The number of aliphatic carboxylic acids is 3. The van der Waals surface area contributed by atoms with Crippen molar-refractivity contribution in [2.45, 2.75) is 38.8 Å². The van der Waals surface area contributed by atoms with Crippen LogP contribution < -0.4 is 4.90 Å². The third-order valence-corrected chi connectivity index (χ3v) is 6.48. The van der Waals surface area contributed by atoms with Crippen molar-refractivity contribution in [1.29, 1.82) is 0 Å². The molecule has 1 heterocycles. The number of hydrogen-bond donors (Lipinski definition) is 4. The van der Waals surface area contributed by atoms with Gasteiger partial charge in [0.1, 0.15) is 0 Å². The third-order valence-electron chi connectivity index (χ3n) is 6.24. The number of aliphatic hydroxyl groups is 1. The second-order valence-electron chi connectivity index (χ2n) is 9.06. The standard InChI is InChI=1S/C21H26ClN3O.C6H8O7/c1-3-23(4-2)12-13-24-16-25(15-17-8-6-5-7-9-17)20-11-10-18(22)14-19(20)21(24)26;7-3(8)1-6(13,5(11)12)2-4(9)10/h5-11,14H,3-4,12-13,15-16H2,1-2H3;13H,1-2H2,(H,7,8)(H,9,10)(H,11,12). The molecule has 0 atom stereocenters. The van der Waals surface area contributed by atoms with E-state index in [-0.39, 0.29) is 5.91 Å². The molecule has 4 N–H and O–H groups in total. The van der Waals surface area contributed by atoms with Crippen molar-refractivity contribution in [1.82, 2.24) is 9.80 Å². The molecular formula is C27H34ClN3O8. The quantitative estimate of drug-likeness (QED) is 0.302. The number of fused-ring (bicyclic) bond motifs is 1. The monoisotopic (exact) mass is 563 g/mol. The van der Waals surface area contributed by atoms with Crippen LogP contribution in [-0.4, -0.2) is 92.5 Å². The van der Waals surface area contributed by atoms with Crippen LogP contribution in [0, 0.1) is 0 Å². The van der Waals surface area contributed by atoms with E-state index in [1.54, 1.807) is 6.07 Å². The first-order valence-electron chi connectivity index (χ1n) is 12.4. The van der Waals surface area contributed by atoms with Crippen molar-refractivity contribution < 1.29 is 39.6 Å². The Kier molecular flexibility index (Phi) is 11.7. The minimum Gasteiger partial charge on any atom is -0.481 e. The summed E-state index contributed by atoms with van der Waals surface area (Å²) in [5, 5.41) is 34.4. The van der Waals surface area contributed by atoms with Crippen molar-refractivity contribution in [2.75, 3.05) is 37.7 Å². The Bertz CT molecular complexity index is 1140. The van der Waals surface area contributed by atoms with Crippen LogP contribution in [0.3, 0.4) is 0 Å². The highest BCUT2D eigenvalue weighted by atomic mass is 35.5. The van der Waals surface area contributed by atoms with Gasteiger partial charge in [-0.25, -0.2) is 4.79 Å². The number of benzene rings is 2. The summed E-state index contributed by atoms with van der Waals surface area (Å²) < 4.78 is 0. The zero-order valence-electron chi connectivity index (χ0n) is 21.9. The Morgan fingerprint density at radius 1 is 0.949 bits per heavy atom. The van der Waals surface area contributed by atoms with E-state index in [9.17, 15) is 19.2 Å². The Morgan fingerprint density at radius 3 is 2.05 bits per heavy atom. The number of anilines is 1. The van der Waals surface area contributed by atoms with Gasteiger partial charge >= 0.3 is 17.9 Å². The number of hydrogen-bond acceptors (Lipinski definition) is 7.